The molecule has 0 saturated carbocycles. The SMILES string of the molecule is O=C(c1cc(Br)ccc1Cl)N(Cc1cccnc1)c1nc2ccc(Br)cc2s1. The Morgan fingerprint density at radius 3 is 2.68 bits per heavy atom. The van der Waals surface area contributed by atoms with Crippen molar-refractivity contribution in [1.82, 2.24) is 9.97 Å². The summed E-state index contributed by atoms with van der Waals surface area (Å²) in [6, 6.07) is 14.9. The number of aromatic nitrogens is 2. The van der Waals surface area contributed by atoms with E-state index in [1.54, 1.807) is 35.5 Å². The molecular formula is C20H12Br2ClN3OS. The van der Waals surface area contributed by atoms with Crippen LogP contribution in [0.25, 0.3) is 10.2 Å². The summed E-state index contributed by atoms with van der Waals surface area (Å²) >= 11 is 14.7. The van der Waals surface area contributed by atoms with E-state index in [1.165, 1.54) is 11.3 Å². The summed E-state index contributed by atoms with van der Waals surface area (Å²) < 4.78 is 2.75. The maximum atomic E-state index is 13.4. The third-order valence-electron chi connectivity index (χ3n) is 4.04. The van der Waals surface area contributed by atoms with Gasteiger partial charge in [-0.05, 0) is 48.0 Å². The van der Waals surface area contributed by atoms with E-state index in [0.29, 0.717) is 22.3 Å². The van der Waals surface area contributed by atoms with Gasteiger partial charge in [-0.2, -0.15) is 0 Å². The number of hydrogen-bond donors (Lipinski definition) is 0. The maximum Gasteiger partial charge on any atom is 0.261 e. The van der Waals surface area contributed by atoms with Crippen LogP contribution in [0.3, 0.4) is 0 Å². The van der Waals surface area contributed by atoms with Crippen LogP contribution in [0.4, 0.5) is 5.13 Å². The molecule has 2 aromatic carbocycles. The summed E-state index contributed by atoms with van der Waals surface area (Å²) in [7, 11) is 0. The van der Waals surface area contributed by atoms with Gasteiger partial charge in [-0.3, -0.25) is 14.7 Å². The van der Waals surface area contributed by atoms with Crippen molar-refractivity contribution < 1.29 is 4.79 Å². The third kappa shape index (κ3) is 4.12. The van der Waals surface area contributed by atoms with E-state index in [4.69, 9.17) is 11.6 Å². The van der Waals surface area contributed by atoms with Crippen molar-refractivity contribution in [3.8, 4) is 0 Å². The molecule has 2 heterocycles. The number of fused-ring (bicyclic) bond motifs is 1. The van der Waals surface area contributed by atoms with Crippen molar-refractivity contribution in [3.05, 3.63) is 86.0 Å². The molecule has 0 spiro atoms. The number of carbonyl (C=O) groups excluding carboxylic acids is 1. The topological polar surface area (TPSA) is 46.1 Å². The molecule has 0 unspecified atom stereocenters. The molecule has 0 fully saturated rings. The van der Waals surface area contributed by atoms with Gasteiger partial charge < -0.3 is 0 Å². The largest absolute Gasteiger partial charge is 0.279 e. The Kier molecular flexibility index (Phi) is 5.78. The predicted molar refractivity (Wildman–Crippen MR) is 121 cm³/mol. The highest BCUT2D eigenvalue weighted by Gasteiger charge is 2.24. The Balaban J connectivity index is 1.80. The van der Waals surface area contributed by atoms with E-state index in [0.717, 1.165) is 24.7 Å². The molecule has 140 valence electrons. The van der Waals surface area contributed by atoms with Gasteiger partial charge in [0.2, 0.25) is 0 Å². The minimum absolute atomic E-state index is 0.215. The fourth-order valence-electron chi connectivity index (χ4n) is 2.71. The molecule has 0 aliphatic rings. The van der Waals surface area contributed by atoms with E-state index in [-0.39, 0.29) is 5.91 Å². The van der Waals surface area contributed by atoms with Crippen LogP contribution in [0.15, 0.2) is 69.9 Å². The number of nitrogens with zero attached hydrogens (tertiary/aromatic N) is 3. The van der Waals surface area contributed by atoms with Gasteiger partial charge in [-0.15, -0.1) is 0 Å². The van der Waals surface area contributed by atoms with E-state index in [1.807, 2.05) is 30.3 Å². The Morgan fingerprint density at radius 1 is 1.11 bits per heavy atom. The van der Waals surface area contributed by atoms with Gasteiger partial charge in [0.15, 0.2) is 5.13 Å². The van der Waals surface area contributed by atoms with Gasteiger partial charge in [0.25, 0.3) is 5.91 Å². The normalized spacial score (nSPS) is 11.0. The van der Waals surface area contributed by atoms with Crippen molar-refractivity contribution in [2.24, 2.45) is 0 Å². The van der Waals surface area contributed by atoms with E-state index in [9.17, 15) is 4.79 Å². The van der Waals surface area contributed by atoms with Crippen LogP contribution in [0.2, 0.25) is 5.02 Å². The summed E-state index contributed by atoms with van der Waals surface area (Å²) in [5.41, 5.74) is 2.16. The van der Waals surface area contributed by atoms with Crippen LogP contribution in [-0.2, 0) is 6.54 Å². The fraction of sp³-hybridized carbons (Fsp3) is 0.0500. The minimum Gasteiger partial charge on any atom is -0.279 e. The number of halogens is 3. The number of benzene rings is 2. The lowest BCUT2D eigenvalue weighted by atomic mass is 10.2. The molecule has 4 nitrogen and oxygen atoms in total. The lowest BCUT2D eigenvalue weighted by molar-refractivity contribution is 0.0985. The summed E-state index contributed by atoms with van der Waals surface area (Å²) in [6.07, 6.45) is 3.45. The number of carbonyl (C=O) groups is 1. The first-order valence-electron chi connectivity index (χ1n) is 8.23. The van der Waals surface area contributed by atoms with Crippen LogP contribution in [0, 0.1) is 0 Å². The highest BCUT2D eigenvalue weighted by molar-refractivity contribution is 9.10. The van der Waals surface area contributed by atoms with E-state index in [2.05, 4.69) is 41.8 Å². The molecule has 8 heteroatoms. The smallest absolute Gasteiger partial charge is 0.261 e. The molecule has 1 amide bonds. The van der Waals surface area contributed by atoms with Crippen molar-refractivity contribution in [2.75, 3.05) is 4.90 Å². The van der Waals surface area contributed by atoms with E-state index >= 15 is 0 Å². The highest BCUT2D eigenvalue weighted by Crippen LogP contribution is 2.33. The van der Waals surface area contributed by atoms with Crippen molar-refractivity contribution in [3.63, 3.8) is 0 Å². The quantitative estimate of drug-likeness (QED) is 0.290. The second kappa shape index (κ2) is 8.29. The summed E-state index contributed by atoms with van der Waals surface area (Å²) in [5.74, 6) is -0.215. The highest BCUT2D eigenvalue weighted by atomic mass is 79.9. The molecule has 0 atom stereocenters. The number of anilines is 1. The third-order valence-corrected chi connectivity index (χ3v) is 6.39. The molecular weight excluding hydrogens is 526 g/mol. The Hall–Kier alpha value is -1.80. The molecule has 0 aliphatic heterocycles. The van der Waals surface area contributed by atoms with Gasteiger partial charge >= 0.3 is 0 Å². The fourth-order valence-corrected chi connectivity index (χ4v) is 4.78. The zero-order valence-electron chi connectivity index (χ0n) is 14.3. The Labute approximate surface area is 187 Å². The number of pyridine rings is 1. The lowest BCUT2D eigenvalue weighted by Gasteiger charge is -2.20. The minimum atomic E-state index is -0.215. The lowest BCUT2D eigenvalue weighted by Crippen LogP contribution is -2.30. The van der Waals surface area contributed by atoms with E-state index < -0.39 is 0 Å². The molecule has 0 saturated heterocycles. The molecule has 4 rings (SSSR count). The van der Waals surface area contributed by atoms with Gasteiger partial charge in [-0.1, -0.05) is 60.9 Å². The number of thiazole rings is 1. The molecule has 4 aromatic rings. The average molecular weight is 538 g/mol. The number of rotatable bonds is 4. The first-order valence-corrected chi connectivity index (χ1v) is 11.0. The van der Waals surface area contributed by atoms with Crippen LogP contribution in [-0.4, -0.2) is 15.9 Å². The van der Waals surface area contributed by atoms with Gasteiger partial charge in [0.1, 0.15) is 0 Å². The number of amides is 1. The van der Waals surface area contributed by atoms with Gasteiger partial charge in [0.05, 0.1) is 27.3 Å². The molecule has 28 heavy (non-hydrogen) atoms. The molecule has 0 N–H and O–H groups in total. The number of hydrogen-bond acceptors (Lipinski definition) is 4. The van der Waals surface area contributed by atoms with Crippen LogP contribution in [0.5, 0.6) is 0 Å². The summed E-state index contributed by atoms with van der Waals surface area (Å²) in [5, 5.41) is 1.01. The molecule has 0 aliphatic carbocycles. The first kappa shape index (κ1) is 19.5. The average Bonchev–Trinajstić information content (AvgIpc) is 3.11. The van der Waals surface area contributed by atoms with Gasteiger partial charge in [0, 0.05) is 21.3 Å². The second-order valence-electron chi connectivity index (χ2n) is 5.99. The van der Waals surface area contributed by atoms with Crippen molar-refractivity contribution in [2.45, 2.75) is 6.54 Å². The maximum absolute atomic E-state index is 13.4. The van der Waals surface area contributed by atoms with Crippen molar-refractivity contribution >= 4 is 76.1 Å². The van der Waals surface area contributed by atoms with Crippen LogP contribution >= 0.6 is 54.8 Å². The zero-order chi connectivity index (χ0) is 19.7. The molecule has 2 aromatic heterocycles. The predicted octanol–water partition coefficient (Wildman–Crippen LogP) is 6.72. The standard InChI is InChI=1S/C20H12Br2ClN3OS/c21-13-3-5-16(23)15(8-13)19(27)26(11-12-2-1-7-24-10-12)20-25-17-6-4-14(22)9-18(17)28-20/h1-10H,11H2. The zero-order valence-corrected chi connectivity index (χ0v) is 19.0. The molecule has 0 radical (unpaired) electrons. The summed E-state index contributed by atoms with van der Waals surface area (Å²) in [6.45, 7) is 0.344. The monoisotopic (exact) mass is 535 g/mol. The van der Waals surface area contributed by atoms with Crippen LogP contribution in [0.1, 0.15) is 15.9 Å². The summed E-state index contributed by atoms with van der Waals surface area (Å²) in [4.78, 5) is 23.9. The van der Waals surface area contributed by atoms with Crippen LogP contribution < -0.4 is 4.90 Å². The second-order valence-corrected chi connectivity index (χ2v) is 9.23. The van der Waals surface area contributed by atoms with Gasteiger partial charge in [-0.25, -0.2) is 4.98 Å². The Bertz CT molecular complexity index is 1170. The first-order chi connectivity index (χ1) is 13.5. The Morgan fingerprint density at radius 2 is 1.89 bits per heavy atom. The molecule has 0 bridgehead atoms. The van der Waals surface area contributed by atoms with Crippen molar-refractivity contribution in [1.29, 1.82) is 0 Å².